The van der Waals surface area contributed by atoms with Gasteiger partial charge in [0.2, 0.25) is 5.91 Å². The van der Waals surface area contributed by atoms with E-state index >= 15 is 0 Å². The number of fused-ring (bicyclic) bond motifs is 1. The molecule has 0 radical (unpaired) electrons. The predicted molar refractivity (Wildman–Crippen MR) is 126 cm³/mol. The maximum atomic E-state index is 13.2. The number of carbonyl (C=O) groups is 1. The van der Waals surface area contributed by atoms with Crippen LogP contribution in [0.1, 0.15) is 57.2 Å². The number of methoxy groups -OCH3 is 1. The summed E-state index contributed by atoms with van der Waals surface area (Å²) >= 11 is 0. The lowest BCUT2D eigenvalue weighted by molar-refractivity contribution is -0.135. The van der Waals surface area contributed by atoms with Crippen LogP contribution < -0.4 is 4.74 Å². The molecule has 0 bridgehead atoms. The number of hydrogen-bond donors (Lipinski definition) is 0. The Labute approximate surface area is 187 Å². The van der Waals surface area contributed by atoms with E-state index in [9.17, 15) is 4.79 Å². The van der Waals surface area contributed by atoms with Gasteiger partial charge in [-0.1, -0.05) is 30.3 Å². The van der Waals surface area contributed by atoms with Crippen molar-refractivity contribution in [2.75, 3.05) is 26.7 Å². The van der Waals surface area contributed by atoms with Crippen molar-refractivity contribution in [1.82, 2.24) is 9.80 Å². The highest BCUT2D eigenvalue weighted by molar-refractivity contribution is 5.78. The fraction of sp³-hybridized carbons (Fsp3) is 0.519. The standard InChI is InChI=1S/C27H36N2O2/c1-19(2)28-15-12-21(13-16-28)18-27(30)29-17-14-26-24(20(29)3)6-5-7-25(26)22-8-10-23(31-4)11-9-22/h5-11,19-21H,12-18H2,1-4H3/t20-/m1/s1. The van der Waals surface area contributed by atoms with Crippen molar-refractivity contribution in [3.8, 4) is 16.9 Å². The van der Waals surface area contributed by atoms with E-state index in [4.69, 9.17) is 4.74 Å². The number of rotatable bonds is 5. The van der Waals surface area contributed by atoms with Crippen molar-refractivity contribution in [3.05, 3.63) is 53.6 Å². The first-order valence-corrected chi connectivity index (χ1v) is 11.8. The molecule has 2 aromatic carbocycles. The molecule has 1 fully saturated rings. The highest BCUT2D eigenvalue weighted by Crippen LogP contribution is 2.37. The van der Waals surface area contributed by atoms with Crippen molar-refractivity contribution in [2.24, 2.45) is 5.92 Å². The van der Waals surface area contributed by atoms with Gasteiger partial charge in [0.1, 0.15) is 5.75 Å². The molecule has 4 nitrogen and oxygen atoms in total. The van der Waals surface area contributed by atoms with E-state index < -0.39 is 0 Å². The van der Waals surface area contributed by atoms with Crippen LogP contribution in [0, 0.1) is 5.92 Å². The van der Waals surface area contributed by atoms with E-state index in [0.29, 0.717) is 24.3 Å². The smallest absolute Gasteiger partial charge is 0.223 e. The molecule has 166 valence electrons. The minimum atomic E-state index is 0.130. The molecule has 1 amide bonds. The van der Waals surface area contributed by atoms with Crippen LogP contribution in [-0.4, -0.2) is 48.5 Å². The molecule has 4 rings (SSSR count). The number of nitrogens with zero attached hydrogens (tertiary/aromatic N) is 2. The molecular formula is C27H36N2O2. The van der Waals surface area contributed by atoms with Crippen molar-refractivity contribution in [2.45, 2.75) is 58.5 Å². The minimum Gasteiger partial charge on any atom is -0.497 e. The van der Waals surface area contributed by atoms with E-state index in [-0.39, 0.29) is 6.04 Å². The Morgan fingerprint density at radius 1 is 1.06 bits per heavy atom. The number of piperidine rings is 1. The Morgan fingerprint density at radius 3 is 2.42 bits per heavy atom. The normalized spacial score (nSPS) is 20.0. The number of ether oxygens (including phenoxy) is 1. The Bertz CT molecular complexity index is 898. The van der Waals surface area contributed by atoms with Gasteiger partial charge >= 0.3 is 0 Å². The maximum absolute atomic E-state index is 13.2. The third kappa shape index (κ3) is 4.64. The summed E-state index contributed by atoms with van der Waals surface area (Å²) in [5.41, 5.74) is 5.17. The second-order valence-corrected chi connectivity index (χ2v) is 9.39. The first-order valence-electron chi connectivity index (χ1n) is 11.8. The van der Waals surface area contributed by atoms with E-state index in [1.54, 1.807) is 7.11 Å². The summed E-state index contributed by atoms with van der Waals surface area (Å²) in [6, 6.07) is 15.6. The molecule has 4 heteroatoms. The zero-order valence-corrected chi connectivity index (χ0v) is 19.4. The van der Waals surface area contributed by atoms with Gasteiger partial charge < -0.3 is 14.5 Å². The van der Waals surface area contributed by atoms with E-state index in [0.717, 1.165) is 44.6 Å². The Balaban J connectivity index is 1.46. The zero-order valence-electron chi connectivity index (χ0n) is 19.4. The van der Waals surface area contributed by atoms with Crippen molar-refractivity contribution in [3.63, 3.8) is 0 Å². The van der Waals surface area contributed by atoms with Gasteiger partial charge in [0.15, 0.2) is 0 Å². The van der Waals surface area contributed by atoms with E-state index in [1.807, 2.05) is 12.1 Å². The lowest BCUT2D eigenvalue weighted by Gasteiger charge is -2.38. The molecule has 2 heterocycles. The zero-order chi connectivity index (χ0) is 22.0. The summed E-state index contributed by atoms with van der Waals surface area (Å²) < 4.78 is 5.31. The first kappa shape index (κ1) is 21.9. The molecule has 2 aromatic rings. The Hall–Kier alpha value is -2.33. The van der Waals surface area contributed by atoms with E-state index in [2.05, 4.69) is 60.9 Å². The fourth-order valence-electron chi connectivity index (χ4n) is 5.29. The molecule has 0 N–H and O–H groups in total. The van der Waals surface area contributed by atoms with Crippen LogP contribution >= 0.6 is 0 Å². The molecular weight excluding hydrogens is 384 g/mol. The largest absolute Gasteiger partial charge is 0.497 e. The highest BCUT2D eigenvalue weighted by Gasteiger charge is 2.31. The third-order valence-electron chi connectivity index (χ3n) is 7.30. The van der Waals surface area contributed by atoms with Gasteiger partial charge in [-0.3, -0.25) is 4.79 Å². The second-order valence-electron chi connectivity index (χ2n) is 9.39. The maximum Gasteiger partial charge on any atom is 0.223 e. The summed E-state index contributed by atoms with van der Waals surface area (Å²) in [5, 5.41) is 0. The Kier molecular flexibility index (Phi) is 6.66. The number of amides is 1. The van der Waals surface area contributed by atoms with Crippen molar-refractivity contribution >= 4 is 5.91 Å². The summed E-state index contributed by atoms with van der Waals surface area (Å²) in [5.74, 6) is 1.73. The average Bonchev–Trinajstić information content (AvgIpc) is 2.79. The van der Waals surface area contributed by atoms with E-state index in [1.165, 1.54) is 22.3 Å². The lowest BCUT2D eigenvalue weighted by atomic mass is 9.86. The molecule has 2 aliphatic heterocycles. The number of likely N-dealkylation sites (tertiary alicyclic amines) is 1. The SMILES string of the molecule is COc1ccc(-c2cccc3c2CCN(C(=O)CC2CCN(C(C)C)CC2)[C@@H]3C)cc1. The van der Waals surface area contributed by atoms with Gasteiger partial charge in [0, 0.05) is 19.0 Å². The van der Waals surface area contributed by atoms with Gasteiger partial charge in [-0.15, -0.1) is 0 Å². The Morgan fingerprint density at radius 2 is 1.77 bits per heavy atom. The molecule has 31 heavy (non-hydrogen) atoms. The average molecular weight is 421 g/mol. The molecule has 0 aromatic heterocycles. The van der Waals surface area contributed by atoms with Crippen LogP contribution in [0.3, 0.4) is 0 Å². The molecule has 0 spiro atoms. The monoisotopic (exact) mass is 420 g/mol. The van der Waals surface area contributed by atoms with Crippen molar-refractivity contribution < 1.29 is 9.53 Å². The third-order valence-corrected chi connectivity index (χ3v) is 7.30. The second kappa shape index (κ2) is 9.44. The molecule has 2 aliphatic rings. The summed E-state index contributed by atoms with van der Waals surface area (Å²) in [6.07, 6.45) is 3.90. The van der Waals surface area contributed by atoms with Crippen molar-refractivity contribution in [1.29, 1.82) is 0 Å². The topological polar surface area (TPSA) is 32.8 Å². The van der Waals surface area contributed by atoms with Gasteiger partial charge in [0.05, 0.1) is 13.2 Å². The number of hydrogen-bond acceptors (Lipinski definition) is 3. The highest BCUT2D eigenvalue weighted by atomic mass is 16.5. The summed E-state index contributed by atoms with van der Waals surface area (Å²) in [7, 11) is 1.69. The lowest BCUT2D eigenvalue weighted by Crippen LogP contribution is -2.42. The molecule has 0 saturated carbocycles. The molecule has 0 unspecified atom stereocenters. The minimum absolute atomic E-state index is 0.130. The summed E-state index contributed by atoms with van der Waals surface area (Å²) in [6.45, 7) is 9.77. The molecule has 0 aliphatic carbocycles. The summed E-state index contributed by atoms with van der Waals surface area (Å²) in [4.78, 5) is 17.9. The molecule has 1 saturated heterocycles. The van der Waals surface area contributed by atoms with Crippen LogP contribution in [0.15, 0.2) is 42.5 Å². The number of carbonyl (C=O) groups excluding carboxylic acids is 1. The van der Waals surface area contributed by atoms with Crippen LogP contribution in [0.25, 0.3) is 11.1 Å². The van der Waals surface area contributed by atoms with Crippen LogP contribution in [-0.2, 0) is 11.2 Å². The van der Waals surface area contributed by atoms with Crippen LogP contribution in [0.4, 0.5) is 0 Å². The first-order chi connectivity index (χ1) is 15.0. The van der Waals surface area contributed by atoms with Gasteiger partial charge in [-0.25, -0.2) is 0 Å². The van der Waals surface area contributed by atoms with Gasteiger partial charge in [-0.2, -0.15) is 0 Å². The van der Waals surface area contributed by atoms with Crippen LogP contribution in [0.2, 0.25) is 0 Å². The van der Waals surface area contributed by atoms with Crippen LogP contribution in [0.5, 0.6) is 5.75 Å². The molecule has 1 atom stereocenters. The fourth-order valence-corrected chi connectivity index (χ4v) is 5.29. The number of benzene rings is 2. The van der Waals surface area contributed by atoms with Gasteiger partial charge in [-0.05, 0) is 93.4 Å². The quantitative estimate of drug-likeness (QED) is 0.656. The van der Waals surface area contributed by atoms with Gasteiger partial charge in [0.25, 0.3) is 0 Å². The predicted octanol–water partition coefficient (Wildman–Crippen LogP) is 5.32.